The van der Waals surface area contributed by atoms with Gasteiger partial charge in [0.05, 0.1) is 5.25 Å². The number of carbonyl (C=O) groups is 2. The third-order valence-corrected chi connectivity index (χ3v) is 3.66. The Labute approximate surface area is 122 Å². The second-order valence-electron chi connectivity index (χ2n) is 3.99. The van der Waals surface area contributed by atoms with Crippen LogP contribution in [0.3, 0.4) is 0 Å². The van der Waals surface area contributed by atoms with E-state index in [2.05, 4.69) is 10.6 Å². The highest BCUT2D eigenvalue weighted by Gasteiger charge is 2.13. The van der Waals surface area contributed by atoms with E-state index >= 15 is 0 Å². The van der Waals surface area contributed by atoms with Crippen LogP contribution >= 0.6 is 23.4 Å². The molecule has 6 heteroatoms. The molecule has 0 saturated heterocycles. The number of carbonyl (C=O) groups excluding carboxylic acids is 2. The van der Waals surface area contributed by atoms with Crippen molar-refractivity contribution in [1.29, 1.82) is 0 Å². The van der Waals surface area contributed by atoms with Crippen LogP contribution in [0.4, 0.5) is 0 Å². The molecule has 1 aromatic rings. The van der Waals surface area contributed by atoms with E-state index in [0.717, 1.165) is 4.90 Å². The molecule has 0 aliphatic carbocycles. The number of benzene rings is 1. The first-order valence-corrected chi connectivity index (χ1v) is 7.19. The van der Waals surface area contributed by atoms with Crippen LogP contribution in [-0.2, 0) is 9.59 Å². The van der Waals surface area contributed by atoms with E-state index in [1.54, 1.807) is 12.1 Å². The summed E-state index contributed by atoms with van der Waals surface area (Å²) in [5, 5.41) is 5.87. The van der Waals surface area contributed by atoms with Gasteiger partial charge in [0.2, 0.25) is 11.8 Å². The second-order valence-corrected chi connectivity index (χ2v) is 5.84. The van der Waals surface area contributed by atoms with Crippen LogP contribution in [0.1, 0.15) is 13.8 Å². The fourth-order valence-electron chi connectivity index (χ4n) is 1.34. The summed E-state index contributed by atoms with van der Waals surface area (Å²) in [6.07, 6.45) is 0. The molecule has 0 aromatic heterocycles. The third-order valence-electron chi connectivity index (χ3n) is 2.29. The molecule has 0 spiro atoms. The molecule has 1 aromatic carbocycles. The molecular formula is C13H17ClN2O2S. The van der Waals surface area contributed by atoms with Crippen molar-refractivity contribution in [3.63, 3.8) is 0 Å². The van der Waals surface area contributed by atoms with E-state index in [1.807, 2.05) is 19.1 Å². The normalized spacial score (nSPS) is 11.7. The lowest BCUT2D eigenvalue weighted by Crippen LogP contribution is -2.37. The zero-order valence-corrected chi connectivity index (χ0v) is 12.5. The van der Waals surface area contributed by atoms with E-state index < -0.39 is 0 Å². The lowest BCUT2D eigenvalue weighted by molar-refractivity contribution is -0.121. The number of nitrogens with one attached hydrogen (secondary N) is 2. The first-order chi connectivity index (χ1) is 8.99. The zero-order valence-electron chi connectivity index (χ0n) is 10.9. The van der Waals surface area contributed by atoms with E-state index in [9.17, 15) is 9.59 Å². The molecule has 2 N–H and O–H groups in total. The minimum absolute atomic E-state index is 0.0506. The topological polar surface area (TPSA) is 58.2 Å². The molecule has 0 aliphatic rings. The molecule has 4 nitrogen and oxygen atoms in total. The Bertz CT molecular complexity index is 437. The van der Waals surface area contributed by atoms with Crippen molar-refractivity contribution in [2.24, 2.45) is 0 Å². The average molecular weight is 301 g/mol. The molecule has 1 unspecified atom stereocenters. The summed E-state index contributed by atoms with van der Waals surface area (Å²) in [6, 6.07) is 7.36. The van der Waals surface area contributed by atoms with Gasteiger partial charge in [0.1, 0.15) is 0 Å². The van der Waals surface area contributed by atoms with Crippen molar-refractivity contribution < 1.29 is 9.59 Å². The number of hydrogen-bond donors (Lipinski definition) is 2. The van der Waals surface area contributed by atoms with Crippen LogP contribution in [0, 0.1) is 0 Å². The van der Waals surface area contributed by atoms with Crippen molar-refractivity contribution in [2.75, 3.05) is 13.1 Å². The lowest BCUT2D eigenvalue weighted by atomic mass is 10.4. The molecular weight excluding hydrogens is 284 g/mol. The van der Waals surface area contributed by atoms with E-state index in [0.29, 0.717) is 18.1 Å². The summed E-state index contributed by atoms with van der Waals surface area (Å²) in [7, 11) is 0. The second kappa shape index (κ2) is 8.07. The van der Waals surface area contributed by atoms with Crippen molar-refractivity contribution in [1.82, 2.24) is 10.6 Å². The molecule has 19 heavy (non-hydrogen) atoms. The fourth-order valence-corrected chi connectivity index (χ4v) is 2.36. The Morgan fingerprint density at radius 3 is 2.37 bits per heavy atom. The predicted molar refractivity (Wildman–Crippen MR) is 78.5 cm³/mol. The van der Waals surface area contributed by atoms with Gasteiger partial charge >= 0.3 is 0 Å². The lowest BCUT2D eigenvalue weighted by Gasteiger charge is -2.12. The highest BCUT2D eigenvalue weighted by molar-refractivity contribution is 8.00. The molecule has 104 valence electrons. The third kappa shape index (κ3) is 6.50. The molecule has 0 aliphatic heterocycles. The quantitative estimate of drug-likeness (QED) is 0.624. The average Bonchev–Trinajstić information content (AvgIpc) is 2.36. The smallest absolute Gasteiger partial charge is 0.233 e. The van der Waals surface area contributed by atoms with Crippen LogP contribution in [0.2, 0.25) is 5.02 Å². The van der Waals surface area contributed by atoms with Gasteiger partial charge in [-0.15, -0.1) is 11.8 Å². The van der Waals surface area contributed by atoms with Gasteiger partial charge in [0.25, 0.3) is 0 Å². The molecule has 0 fully saturated rings. The van der Waals surface area contributed by atoms with Crippen molar-refractivity contribution in [2.45, 2.75) is 24.0 Å². The number of rotatable bonds is 6. The zero-order chi connectivity index (χ0) is 14.3. The van der Waals surface area contributed by atoms with Crippen LogP contribution in [0.25, 0.3) is 0 Å². The van der Waals surface area contributed by atoms with Crippen LogP contribution in [0.15, 0.2) is 29.2 Å². The Balaban J connectivity index is 2.32. The number of halogens is 1. The number of hydrogen-bond acceptors (Lipinski definition) is 3. The highest BCUT2D eigenvalue weighted by atomic mass is 35.5. The fraction of sp³-hybridized carbons (Fsp3) is 0.385. The summed E-state index contributed by atoms with van der Waals surface area (Å²) in [5.41, 5.74) is 0. The van der Waals surface area contributed by atoms with Crippen molar-refractivity contribution in [3.05, 3.63) is 29.3 Å². The molecule has 2 amide bonds. The number of amides is 2. The minimum Gasteiger partial charge on any atom is -0.355 e. The van der Waals surface area contributed by atoms with Crippen LogP contribution < -0.4 is 10.6 Å². The van der Waals surface area contributed by atoms with Gasteiger partial charge < -0.3 is 10.6 Å². The molecule has 0 bridgehead atoms. The Hall–Kier alpha value is -1.20. The molecule has 1 atom stereocenters. The summed E-state index contributed by atoms with van der Waals surface area (Å²) in [6.45, 7) is 4.16. The maximum absolute atomic E-state index is 11.8. The Morgan fingerprint density at radius 1 is 1.21 bits per heavy atom. The Morgan fingerprint density at radius 2 is 1.79 bits per heavy atom. The van der Waals surface area contributed by atoms with Gasteiger partial charge in [-0.3, -0.25) is 9.59 Å². The SMILES string of the molecule is CC(=O)NCCNC(=O)C(C)Sc1ccc(Cl)cc1. The van der Waals surface area contributed by atoms with Crippen molar-refractivity contribution in [3.8, 4) is 0 Å². The van der Waals surface area contributed by atoms with Gasteiger partial charge in [-0.2, -0.15) is 0 Å². The highest BCUT2D eigenvalue weighted by Crippen LogP contribution is 2.24. The van der Waals surface area contributed by atoms with Gasteiger partial charge in [0, 0.05) is 29.9 Å². The first kappa shape index (κ1) is 15.9. The largest absolute Gasteiger partial charge is 0.355 e. The van der Waals surface area contributed by atoms with E-state index in [4.69, 9.17) is 11.6 Å². The van der Waals surface area contributed by atoms with Crippen LogP contribution in [-0.4, -0.2) is 30.2 Å². The molecule has 0 heterocycles. The minimum atomic E-state index is -0.196. The van der Waals surface area contributed by atoms with Crippen LogP contribution in [0.5, 0.6) is 0 Å². The number of thioether (sulfide) groups is 1. The van der Waals surface area contributed by atoms with Crippen molar-refractivity contribution >= 4 is 35.2 Å². The molecule has 0 saturated carbocycles. The predicted octanol–water partition coefficient (Wildman–Crippen LogP) is 2.07. The molecule has 1 rings (SSSR count). The van der Waals surface area contributed by atoms with E-state index in [1.165, 1.54) is 18.7 Å². The first-order valence-electron chi connectivity index (χ1n) is 5.93. The van der Waals surface area contributed by atoms with Gasteiger partial charge in [0.15, 0.2) is 0 Å². The summed E-state index contributed by atoms with van der Waals surface area (Å²) in [4.78, 5) is 23.4. The van der Waals surface area contributed by atoms with Gasteiger partial charge in [-0.1, -0.05) is 11.6 Å². The Kier molecular flexibility index (Phi) is 6.73. The molecule has 0 radical (unpaired) electrons. The van der Waals surface area contributed by atoms with Gasteiger partial charge in [-0.25, -0.2) is 0 Å². The van der Waals surface area contributed by atoms with E-state index in [-0.39, 0.29) is 17.1 Å². The summed E-state index contributed by atoms with van der Waals surface area (Å²) in [5.74, 6) is -0.150. The maximum Gasteiger partial charge on any atom is 0.233 e. The monoisotopic (exact) mass is 300 g/mol. The summed E-state index contributed by atoms with van der Waals surface area (Å²) >= 11 is 7.26. The summed E-state index contributed by atoms with van der Waals surface area (Å²) < 4.78 is 0. The maximum atomic E-state index is 11.8. The standard InChI is InChI=1S/C13H17ClN2O2S/c1-9(13(18)16-8-7-15-10(2)17)19-12-5-3-11(14)4-6-12/h3-6,9H,7-8H2,1-2H3,(H,15,17)(H,16,18). The van der Waals surface area contributed by atoms with Gasteiger partial charge in [-0.05, 0) is 31.2 Å².